The summed E-state index contributed by atoms with van der Waals surface area (Å²) in [6.45, 7) is 0. The normalized spacial score (nSPS) is 21.2. The Morgan fingerprint density at radius 3 is 3.15 bits per heavy atom. The van der Waals surface area contributed by atoms with Crippen LogP contribution in [0.2, 0.25) is 0 Å². The number of rotatable bonds is 1. The first-order valence-corrected chi connectivity index (χ1v) is 5.40. The molecule has 2 nitrogen and oxygen atoms in total. The van der Waals surface area contributed by atoms with Gasteiger partial charge in [0.2, 0.25) is 0 Å². The van der Waals surface area contributed by atoms with Gasteiger partial charge in [-0.05, 0) is 25.6 Å². The first-order chi connectivity index (χ1) is 6.31. The maximum absolute atomic E-state index is 9.63. The molecule has 0 amide bonds. The third-order valence-electron chi connectivity index (χ3n) is 2.41. The van der Waals surface area contributed by atoms with Crippen molar-refractivity contribution in [3.05, 3.63) is 23.8 Å². The van der Waals surface area contributed by atoms with E-state index in [1.807, 2.05) is 24.9 Å². The van der Waals surface area contributed by atoms with Crippen LogP contribution in [0.5, 0.6) is 5.75 Å². The highest BCUT2D eigenvalue weighted by atomic mass is 32.2. The molecule has 1 aliphatic rings. The van der Waals surface area contributed by atoms with E-state index in [4.69, 9.17) is 0 Å². The molecule has 1 atom stereocenters. The maximum Gasteiger partial charge on any atom is 0.119 e. The Morgan fingerprint density at radius 2 is 2.38 bits per heavy atom. The van der Waals surface area contributed by atoms with Gasteiger partial charge in [-0.2, -0.15) is 0 Å². The number of nitrogens with one attached hydrogen (secondary N) is 1. The van der Waals surface area contributed by atoms with Gasteiger partial charge in [0.05, 0.1) is 0 Å². The maximum atomic E-state index is 9.63. The molecule has 1 heterocycles. The van der Waals surface area contributed by atoms with Crippen molar-refractivity contribution in [3.8, 4) is 5.75 Å². The molecule has 0 saturated carbocycles. The predicted molar refractivity (Wildman–Crippen MR) is 55.4 cm³/mol. The van der Waals surface area contributed by atoms with Crippen molar-refractivity contribution in [3.63, 3.8) is 0 Å². The quantitative estimate of drug-likeness (QED) is 0.714. The largest absolute Gasteiger partial charge is 0.508 e. The summed E-state index contributed by atoms with van der Waals surface area (Å²) >= 11 is 1.81. The Balaban J connectivity index is 2.32. The Labute approximate surface area is 82.4 Å². The van der Waals surface area contributed by atoms with Gasteiger partial charge in [-0.25, -0.2) is 0 Å². The first kappa shape index (κ1) is 8.91. The summed E-state index contributed by atoms with van der Waals surface area (Å²) < 4.78 is 0. The lowest BCUT2D eigenvalue weighted by Crippen LogP contribution is -2.32. The molecular weight excluding hydrogens is 182 g/mol. The fourth-order valence-corrected chi connectivity index (χ4v) is 2.78. The smallest absolute Gasteiger partial charge is 0.119 e. The molecule has 70 valence electrons. The molecule has 0 aromatic heterocycles. The van der Waals surface area contributed by atoms with Gasteiger partial charge in [0.1, 0.15) is 5.75 Å². The second-order valence-electron chi connectivity index (χ2n) is 3.25. The fraction of sp³-hybridized carbons (Fsp3) is 0.400. The van der Waals surface area contributed by atoms with Crippen LogP contribution in [0.25, 0.3) is 0 Å². The van der Waals surface area contributed by atoms with Gasteiger partial charge < -0.3 is 10.4 Å². The number of phenols is 1. The molecule has 1 unspecified atom stereocenters. The second-order valence-corrected chi connectivity index (χ2v) is 4.32. The van der Waals surface area contributed by atoms with Crippen molar-refractivity contribution in [1.82, 2.24) is 5.32 Å². The second kappa shape index (κ2) is 3.60. The van der Waals surface area contributed by atoms with E-state index >= 15 is 0 Å². The molecule has 1 aromatic carbocycles. The number of hydrogen-bond acceptors (Lipinski definition) is 3. The summed E-state index contributed by atoms with van der Waals surface area (Å²) in [6.07, 6.45) is 0.936. The highest BCUT2D eigenvalue weighted by molar-refractivity contribution is 7.99. The van der Waals surface area contributed by atoms with Gasteiger partial charge in [-0.3, -0.25) is 0 Å². The van der Waals surface area contributed by atoms with Crippen molar-refractivity contribution in [2.45, 2.75) is 17.4 Å². The van der Waals surface area contributed by atoms with Crippen LogP contribution in [-0.2, 0) is 6.42 Å². The fourth-order valence-electron chi connectivity index (χ4n) is 1.58. The van der Waals surface area contributed by atoms with Crippen LogP contribution in [0, 0.1) is 0 Å². The molecule has 2 rings (SSSR count). The van der Waals surface area contributed by atoms with Gasteiger partial charge >= 0.3 is 0 Å². The van der Waals surface area contributed by atoms with E-state index < -0.39 is 0 Å². The number of thioether (sulfide) groups is 1. The van der Waals surface area contributed by atoms with Crippen LogP contribution in [0.4, 0.5) is 0 Å². The molecule has 0 radical (unpaired) electrons. The van der Waals surface area contributed by atoms with Crippen LogP contribution in [0.1, 0.15) is 5.56 Å². The molecular formula is C10H13NOS. The van der Waals surface area contributed by atoms with Crippen LogP contribution in [-0.4, -0.2) is 23.9 Å². The van der Waals surface area contributed by atoms with Gasteiger partial charge in [-0.1, -0.05) is 6.07 Å². The molecule has 0 spiro atoms. The minimum Gasteiger partial charge on any atom is -0.508 e. The van der Waals surface area contributed by atoms with Crippen molar-refractivity contribution in [1.29, 1.82) is 0 Å². The Bertz CT molecular complexity index is 314. The van der Waals surface area contributed by atoms with Gasteiger partial charge in [0, 0.05) is 22.3 Å². The Kier molecular flexibility index (Phi) is 2.47. The summed E-state index contributed by atoms with van der Waals surface area (Å²) in [5.41, 5.74) is 1.10. The number of likely N-dealkylation sites (N-methyl/N-ethyl adjacent to an activating group) is 1. The lowest BCUT2D eigenvalue weighted by atomic mass is 10.1. The minimum atomic E-state index is 0.435. The average Bonchev–Trinajstić information content (AvgIpc) is 2.18. The molecule has 0 bridgehead atoms. The molecule has 2 N–H and O–H groups in total. The number of phenolic OH excluding ortho intramolecular Hbond substituents is 1. The lowest BCUT2D eigenvalue weighted by Gasteiger charge is -2.24. The van der Waals surface area contributed by atoms with Crippen LogP contribution < -0.4 is 5.32 Å². The summed E-state index contributed by atoms with van der Waals surface area (Å²) in [5, 5.41) is 12.9. The van der Waals surface area contributed by atoms with E-state index in [-0.39, 0.29) is 0 Å². The number of aromatic hydroxyl groups is 1. The van der Waals surface area contributed by atoms with E-state index in [1.54, 1.807) is 6.07 Å². The zero-order valence-electron chi connectivity index (χ0n) is 7.58. The van der Waals surface area contributed by atoms with Crippen molar-refractivity contribution in [2.75, 3.05) is 12.8 Å². The van der Waals surface area contributed by atoms with Crippen molar-refractivity contribution >= 4 is 11.8 Å². The predicted octanol–water partition coefficient (Wildman–Crippen LogP) is 1.63. The molecule has 13 heavy (non-hydrogen) atoms. The van der Waals surface area contributed by atoms with Gasteiger partial charge in [-0.15, -0.1) is 11.8 Å². The van der Waals surface area contributed by atoms with E-state index in [0.29, 0.717) is 11.8 Å². The first-order valence-electron chi connectivity index (χ1n) is 4.42. The molecule has 0 fully saturated rings. The third-order valence-corrected chi connectivity index (χ3v) is 3.67. The number of hydrogen-bond donors (Lipinski definition) is 2. The summed E-state index contributed by atoms with van der Waals surface area (Å²) in [7, 11) is 1.97. The van der Waals surface area contributed by atoms with E-state index in [9.17, 15) is 5.11 Å². The number of benzene rings is 1. The Morgan fingerprint density at radius 1 is 1.54 bits per heavy atom. The highest BCUT2D eigenvalue weighted by Crippen LogP contribution is 2.34. The van der Waals surface area contributed by atoms with E-state index in [0.717, 1.165) is 17.7 Å². The average molecular weight is 195 g/mol. The number of fused-ring (bicyclic) bond motifs is 1. The molecule has 0 saturated heterocycles. The summed E-state index contributed by atoms with van der Waals surface area (Å²) in [4.78, 5) is 1.23. The Hall–Kier alpha value is -0.670. The topological polar surface area (TPSA) is 32.3 Å². The molecule has 1 aliphatic heterocycles. The molecule has 3 heteroatoms. The SMILES string of the molecule is CNC1CSc2cccc(O)c2C1. The summed E-state index contributed by atoms with van der Waals surface area (Å²) in [5.74, 6) is 1.53. The van der Waals surface area contributed by atoms with Crippen molar-refractivity contribution < 1.29 is 5.11 Å². The zero-order valence-corrected chi connectivity index (χ0v) is 8.40. The standard InChI is InChI=1S/C10H13NOS/c1-11-7-5-8-9(12)3-2-4-10(8)13-6-7/h2-4,7,11-12H,5-6H2,1H3. The van der Waals surface area contributed by atoms with E-state index in [2.05, 4.69) is 11.4 Å². The minimum absolute atomic E-state index is 0.435. The van der Waals surface area contributed by atoms with Gasteiger partial charge in [0.25, 0.3) is 0 Å². The lowest BCUT2D eigenvalue weighted by molar-refractivity contribution is 0.458. The molecule has 0 aliphatic carbocycles. The van der Waals surface area contributed by atoms with Crippen molar-refractivity contribution in [2.24, 2.45) is 0 Å². The van der Waals surface area contributed by atoms with Crippen LogP contribution in [0.3, 0.4) is 0 Å². The monoisotopic (exact) mass is 195 g/mol. The summed E-state index contributed by atoms with van der Waals surface area (Å²) in [6, 6.07) is 6.23. The highest BCUT2D eigenvalue weighted by Gasteiger charge is 2.19. The van der Waals surface area contributed by atoms with Gasteiger partial charge in [0.15, 0.2) is 0 Å². The zero-order chi connectivity index (χ0) is 9.26. The third kappa shape index (κ3) is 1.67. The van der Waals surface area contributed by atoms with E-state index in [1.165, 1.54) is 4.90 Å². The molecule has 1 aromatic rings. The van der Waals surface area contributed by atoms with Crippen LogP contribution >= 0.6 is 11.8 Å². The van der Waals surface area contributed by atoms with Crippen LogP contribution in [0.15, 0.2) is 23.1 Å².